The van der Waals surface area contributed by atoms with E-state index in [0.29, 0.717) is 24.2 Å². The van der Waals surface area contributed by atoms with Gasteiger partial charge in [0, 0.05) is 29.6 Å². The zero-order chi connectivity index (χ0) is 31.9. The van der Waals surface area contributed by atoms with Crippen LogP contribution in [0, 0.1) is 11.8 Å². The number of unbranched alkanes of at least 4 members (excludes halogenated alkanes) is 1. The molecule has 1 heterocycles. The molecule has 0 amide bonds. The number of carboxylic acids is 1. The maximum absolute atomic E-state index is 12.2. The molecule has 0 radical (unpaired) electrons. The number of allylic oxidation sites excluding steroid dienone is 1. The highest BCUT2D eigenvalue weighted by Gasteiger charge is 2.46. The molecule has 1 unspecified atom stereocenters. The van der Waals surface area contributed by atoms with E-state index >= 15 is 0 Å². The van der Waals surface area contributed by atoms with E-state index in [9.17, 15) is 9.90 Å². The number of hydrogen-bond donors (Lipinski definition) is 1. The molecule has 2 aromatic rings. The topological polar surface area (TPSA) is 59.0 Å². The van der Waals surface area contributed by atoms with Crippen molar-refractivity contribution in [1.29, 1.82) is 0 Å². The Morgan fingerprint density at radius 3 is 2.66 bits per heavy atom. The van der Waals surface area contributed by atoms with E-state index in [1.807, 2.05) is 6.07 Å². The van der Waals surface area contributed by atoms with Crippen molar-refractivity contribution >= 4 is 43.2 Å². The number of aryl methyl sites for hydroxylation is 1. The third-order valence-electron chi connectivity index (χ3n) is 10.7. The monoisotopic (exact) mass is 657 g/mol. The highest BCUT2D eigenvalue weighted by atomic mass is 35.5. The molecule has 0 saturated heterocycles. The number of halogens is 2. The van der Waals surface area contributed by atoms with Gasteiger partial charge in [-0.1, -0.05) is 75.5 Å². The van der Waals surface area contributed by atoms with E-state index in [2.05, 4.69) is 70.0 Å². The van der Waals surface area contributed by atoms with Crippen LogP contribution in [0.15, 0.2) is 42.5 Å². The van der Waals surface area contributed by atoms with Gasteiger partial charge < -0.3 is 19.2 Å². The number of carbonyl (C=O) groups is 1. The lowest BCUT2D eigenvalue weighted by Crippen LogP contribution is -2.52. The fourth-order valence-corrected chi connectivity index (χ4v) is 8.73. The van der Waals surface area contributed by atoms with Gasteiger partial charge in [0.25, 0.3) is 0 Å². The smallest absolute Gasteiger partial charge is 0.337 e. The van der Waals surface area contributed by atoms with Crippen LogP contribution in [-0.4, -0.2) is 45.2 Å². The first-order valence-corrected chi connectivity index (χ1v) is 20.0. The number of fused-ring (bicyclic) bond motifs is 3. The number of hydrogen-bond acceptors (Lipinski definition) is 4. The molecule has 1 spiro atoms. The molecule has 0 bridgehead atoms. The van der Waals surface area contributed by atoms with Gasteiger partial charge in [-0.3, -0.25) is 0 Å². The van der Waals surface area contributed by atoms with E-state index in [1.54, 1.807) is 12.1 Å². The number of aromatic carboxylic acids is 1. The Morgan fingerprint density at radius 2 is 2.00 bits per heavy atom. The number of ether oxygens (including phenoxy) is 1. The van der Waals surface area contributed by atoms with Crippen molar-refractivity contribution in [3.8, 4) is 5.75 Å². The van der Waals surface area contributed by atoms with Crippen LogP contribution >= 0.6 is 23.2 Å². The van der Waals surface area contributed by atoms with Crippen LogP contribution < -0.4 is 9.64 Å². The highest BCUT2D eigenvalue weighted by molar-refractivity contribution is 6.74. The van der Waals surface area contributed by atoms with Gasteiger partial charge in [0.1, 0.15) is 5.75 Å². The maximum Gasteiger partial charge on any atom is 0.337 e. The molecule has 1 saturated carbocycles. The summed E-state index contributed by atoms with van der Waals surface area (Å²) in [5.74, 6) is 0.450. The summed E-state index contributed by atoms with van der Waals surface area (Å²) in [4.78, 5) is 14.6. The summed E-state index contributed by atoms with van der Waals surface area (Å²) in [5, 5.41) is 11.1. The third kappa shape index (κ3) is 6.74. The lowest BCUT2D eigenvalue weighted by molar-refractivity contribution is 0.0524. The van der Waals surface area contributed by atoms with Crippen molar-refractivity contribution in [3.05, 3.63) is 69.2 Å². The van der Waals surface area contributed by atoms with Crippen molar-refractivity contribution < 1.29 is 19.1 Å². The largest absolute Gasteiger partial charge is 0.490 e. The first kappa shape index (κ1) is 33.4. The molecule has 0 aromatic heterocycles. The average molecular weight is 659 g/mol. The normalized spacial score (nSPS) is 24.3. The van der Waals surface area contributed by atoms with Crippen LogP contribution in [0.25, 0.3) is 0 Å². The lowest BCUT2D eigenvalue weighted by atomic mass is 9.68. The summed E-state index contributed by atoms with van der Waals surface area (Å²) in [6, 6.07) is 9.70. The fourth-order valence-electron chi connectivity index (χ4n) is 7.02. The number of benzene rings is 2. The van der Waals surface area contributed by atoms with E-state index in [0.717, 1.165) is 68.7 Å². The highest BCUT2D eigenvalue weighted by Crippen LogP contribution is 2.48. The molecule has 3 aliphatic rings. The predicted molar refractivity (Wildman–Crippen MR) is 185 cm³/mol. The minimum Gasteiger partial charge on any atom is -0.490 e. The molecule has 1 N–H and O–H groups in total. The summed E-state index contributed by atoms with van der Waals surface area (Å²) in [6.07, 6.45) is 12.2. The first-order valence-electron chi connectivity index (χ1n) is 16.3. The standard InChI is InChI=1S/C36H49Cl2NO4Si/c1-7-8-9-12-32(43-44(5,6)35(2,3)4)27-15-13-25(27)21-39-22-36(17-10-11-24-18-26(37)14-16-29(24)36)23-42-33-20-30(38)28(34(40)41)19-31(33)39/h9,12,14,16,18-20,25,27,32H,7-8,10-11,13,15,17,21-23H2,1-6H3,(H,40,41)/b12-9+/t25-,27+,32-,36?/m0/s1. The molecule has 1 fully saturated rings. The SMILES string of the molecule is CCC/C=C/[C@H](O[Si](C)(C)C(C)(C)C)[C@@H]1CC[C@H]1CN1CC2(CCCc3cc(Cl)ccc32)COc2cc(Cl)c(C(=O)O)cc21. The van der Waals surface area contributed by atoms with E-state index in [4.69, 9.17) is 32.4 Å². The molecular weight excluding hydrogens is 609 g/mol. The molecule has 5 rings (SSSR count). The van der Waals surface area contributed by atoms with Gasteiger partial charge in [-0.15, -0.1) is 0 Å². The van der Waals surface area contributed by atoms with Gasteiger partial charge >= 0.3 is 5.97 Å². The molecule has 8 heteroatoms. The van der Waals surface area contributed by atoms with Gasteiger partial charge in [0.15, 0.2) is 8.32 Å². The second-order valence-electron chi connectivity index (χ2n) is 14.8. The van der Waals surface area contributed by atoms with Crippen LogP contribution in [0.1, 0.15) is 87.7 Å². The Balaban J connectivity index is 1.51. The Hall–Kier alpha value is -1.99. The van der Waals surface area contributed by atoms with Crippen LogP contribution in [0.2, 0.25) is 28.2 Å². The summed E-state index contributed by atoms with van der Waals surface area (Å²) >= 11 is 12.9. The Kier molecular flexibility index (Phi) is 9.87. The van der Waals surface area contributed by atoms with Gasteiger partial charge in [0.2, 0.25) is 0 Å². The van der Waals surface area contributed by atoms with Crippen molar-refractivity contribution in [2.75, 3.05) is 24.6 Å². The van der Waals surface area contributed by atoms with Crippen molar-refractivity contribution in [3.63, 3.8) is 0 Å². The molecular formula is C36H49Cl2NO4Si. The molecule has 1 aliphatic heterocycles. The number of nitrogens with zero attached hydrogens (tertiary/aromatic N) is 1. The summed E-state index contributed by atoms with van der Waals surface area (Å²) in [5.41, 5.74) is 3.27. The van der Waals surface area contributed by atoms with Crippen LogP contribution in [0.4, 0.5) is 5.69 Å². The quantitative estimate of drug-likeness (QED) is 0.215. The number of carboxylic acid groups (broad SMARTS) is 1. The third-order valence-corrected chi connectivity index (χ3v) is 15.8. The van der Waals surface area contributed by atoms with E-state index in [-0.39, 0.29) is 27.1 Å². The van der Waals surface area contributed by atoms with Crippen molar-refractivity contribution in [1.82, 2.24) is 0 Å². The van der Waals surface area contributed by atoms with E-state index < -0.39 is 14.3 Å². The maximum atomic E-state index is 12.2. The second-order valence-corrected chi connectivity index (χ2v) is 20.4. The van der Waals surface area contributed by atoms with Gasteiger partial charge in [-0.2, -0.15) is 0 Å². The van der Waals surface area contributed by atoms with E-state index in [1.165, 1.54) is 11.1 Å². The van der Waals surface area contributed by atoms with Crippen LogP contribution in [-0.2, 0) is 16.3 Å². The molecule has 44 heavy (non-hydrogen) atoms. The Morgan fingerprint density at radius 1 is 1.23 bits per heavy atom. The Labute approximate surface area is 275 Å². The molecule has 240 valence electrons. The first-order chi connectivity index (χ1) is 20.7. The summed E-state index contributed by atoms with van der Waals surface area (Å²) < 4.78 is 13.7. The average Bonchev–Trinajstić information content (AvgIpc) is 3.06. The number of anilines is 1. The van der Waals surface area contributed by atoms with Crippen LogP contribution in [0.3, 0.4) is 0 Å². The molecule has 4 atom stereocenters. The predicted octanol–water partition coefficient (Wildman–Crippen LogP) is 9.94. The van der Waals surface area contributed by atoms with Gasteiger partial charge in [0.05, 0.1) is 29.0 Å². The fraction of sp³-hybridized carbons (Fsp3) is 0.583. The summed E-state index contributed by atoms with van der Waals surface area (Å²) in [7, 11) is -2.00. The zero-order valence-corrected chi connectivity index (χ0v) is 29.7. The van der Waals surface area contributed by atoms with Gasteiger partial charge in [-0.05, 0) is 97.8 Å². The lowest BCUT2D eigenvalue weighted by Gasteiger charge is -2.48. The molecule has 2 aliphatic carbocycles. The summed E-state index contributed by atoms with van der Waals surface area (Å²) in [6.45, 7) is 15.9. The van der Waals surface area contributed by atoms with Crippen molar-refractivity contribution in [2.24, 2.45) is 11.8 Å². The molecule has 5 nitrogen and oxygen atoms in total. The van der Waals surface area contributed by atoms with Gasteiger partial charge in [-0.25, -0.2) is 4.79 Å². The van der Waals surface area contributed by atoms with Crippen LogP contribution in [0.5, 0.6) is 5.75 Å². The zero-order valence-electron chi connectivity index (χ0n) is 27.2. The molecule has 2 aromatic carbocycles. The second kappa shape index (κ2) is 13.0. The minimum absolute atomic E-state index is 0.0789. The minimum atomic E-state index is -2.00. The Bertz CT molecular complexity index is 1400. The van der Waals surface area contributed by atoms with Crippen molar-refractivity contribution in [2.45, 2.75) is 102 Å². The number of rotatable bonds is 9.